The van der Waals surface area contributed by atoms with Gasteiger partial charge < -0.3 is 44.9 Å². The molecule has 15 heteroatoms. The average molecular weight is 771 g/mol. The van der Waals surface area contributed by atoms with E-state index in [0.29, 0.717) is 39.7 Å². The Hall–Kier alpha value is -6.12. The molecule has 298 valence electrons. The third kappa shape index (κ3) is 9.21. The number of nitrogens with one attached hydrogen (secondary N) is 3. The summed E-state index contributed by atoms with van der Waals surface area (Å²) in [7, 11) is 7.45. The van der Waals surface area contributed by atoms with Gasteiger partial charge in [0.2, 0.25) is 35.4 Å². The molecule has 6 bridgehead atoms. The number of carbonyl (C=O) groups is 6. The highest BCUT2D eigenvalue weighted by molar-refractivity contribution is 5.98. The summed E-state index contributed by atoms with van der Waals surface area (Å²) in [4.78, 5) is 88.2. The van der Waals surface area contributed by atoms with E-state index >= 15 is 0 Å². The number of benzene rings is 3. The Bertz CT molecular complexity index is 1950. The van der Waals surface area contributed by atoms with E-state index < -0.39 is 71.7 Å². The Balaban J connectivity index is 1.57. The first-order valence-corrected chi connectivity index (χ1v) is 18.4. The quantitative estimate of drug-likeness (QED) is 0.358. The number of hydrogen-bond acceptors (Lipinski definition) is 9. The molecule has 0 radical (unpaired) electrons. The van der Waals surface area contributed by atoms with Gasteiger partial charge in [0.05, 0.1) is 14.2 Å². The van der Waals surface area contributed by atoms with Crippen LogP contribution in [0.3, 0.4) is 0 Å². The predicted octanol–water partition coefficient (Wildman–Crippen LogP) is 1.85. The number of rotatable bonds is 4. The maximum absolute atomic E-state index is 14.7. The van der Waals surface area contributed by atoms with Crippen molar-refractivity contribution in [2.24, 2.45) is 0 Å². The van der Waals surface area contributed by atoms with Gasteiger partial charge >= 0.3 is 0 Å². The van der Waals surface area contributed by atoms with Crippen molar-refractivity contribution in [3.05, 3.63) is 83.4 Å². The van der Waals surface area contributed by atoms with Crippen LogP contribution in [-0.2, 0) is 48.0 Å². The van der Waals surface area contributed by atoms with Gasteiger partial charge in [0.25, 0.3) is 0 Å². The van der Waals surface area contributed by atoms with Crippen molar-refractivity contribution in [2.75, 3.05) is 35.4 Å². The normalized spacial score (nSPS) is 24.3. The number of methoxy groups -OCH3 is 2. The van der Waals surface area contributed by atoms with Crippen LogP contribution < -0.4 is 30.2 Å². The molecule has 0 saturated carbocycles. The topological polar surface area (TPSA) is 176 Å². The molecular weight excluding hydrogens is 720 g/mol. The molecule has 6 amide bonds. The van der Waals surface area contributed by atoms with E-state index in [2.05, 4.69) is 16.0 Å². The molecule has 6 atom stereocenters. The largest absolute Gasteiger partial charge is 0.497 e. The monoisotopic (exact) mass is 770 g/mol. The highest BCUT2D eigenvalue weighted by Crippen LogP contribution is 2.34. The number of ether oxygens (including phenoxy) is 3. The smallest absolute Gasteiger partial charge is 0.246 e. The zero-order valence-corrected chi connectivity index (χ0v) is 33.0. The molecule has 3 N–H and O–H groups in total. The Labute approximate surface area is 326 Å². The molecule has 0 aliphatic carbocycles. The van der Waals surface area contributed by atoms with Crippen LogP contribution in [0.4, 0.5) is 0 Å². The lowest BCUT2D eigenvalue weighted by Crippen LogP contribution is -2.61. The van der Waals surface area contributed by atoms with Crippen molar-refractivity contribution in [1.29, 1.82) is 0 Å². The highest BCUT2D eigenvalue weighted by atomic mass is 16.5. The van der Waals surface area contributed by atoms with Gasteiger partial charge in [-0.15, -0.1) is 0 Å². The summed E-state index contributed by atoms with van der Waals surface area (Å²) in [6, 6.07) is 12.5. The second-order valence-corrected chi connectivity index (χ2v) is 14.3. The molecule has 3 aliphatic rings. The summed E-state index contributed by atoms with van der Waals surface area (Å²) in [6.45, 7) is 4.46. The summed E-state index contributed by atoms with van der Waals surface area (Å²) in [5, 5.41) is 8.14. The molecule has 3 aromatic carbocycles. The lowest BCUT2D eigenvalue weighted by molar-refractivity contribution is -0.149. The van der Waals surface area contributed by atoms with E-state index in [-0.39, 0.29) is 19.3 Å². The number of carbonyl (C=O) groups excluding carboxylic acids is 6. The number of fused-ring (bicyclic) bond motifs is 2. The minimum atomic E-state index is -1.16. The van der Waals surface area contributed by atoms with Crippen molar-refractivity contribution < 1.29 is 43.0 Å². The molecule has 3 aliphatic heterocycles. The Morgan fingerprint density at radius 3 is 1.79 bits per heavy atom. The lowest BCUT2D eigenvalue weighted by atomic mass is 9.98. The summed E-state index contributed by atoms with van der Waals surface area (Å²) in [5.41, 5.74) is 2.03. The fourth-order valence-corrected chi connectivity index (χ4v) is 6.83. The maximum atomic E-state index is 14.7. The van der Waals surface area contributed by atoms with Gasteiger partial charge in [0.1, 0.15) is 47.8 Å². The number of amides is 6. The average Bonchev–Trinajstić information content (AvgIpc) is 3.19. The predicted molar refractivity (Wildman–Crippen MR) is 206 cm³/mol. The van der Waals surface area contributed by atoms with Crippen LogP contribution in [0.15, 0.2) is 66.7 Å². The molecule has 56 heavy (non-hydrogen) atoms. The maximum Gasteiger partial charge on any atom is 0.246 e. The first-order chi connectivity index (χ1) is 26.6. The molecule has 3 heterocycles. The third-order valence-electron chi connectivity index (χ3n) is 10.4. The molecule has 1 fully saturated rings. The van der Waals surface area contributed by atoms with Crippen molar-refractivity contribution >= 4 is 35.4 Å². The molecule has 1 unspecified atom stereocenters. The summed E-state index contributed by atoms with van der Waals surface area (Å²) in [5.74, 6) is -1.63. The van der Waals surface area contributed by atoms with E-state index in [9.17, 15) is 28.8 Å². The molecule has 0 spiro atoms. The van der Waals surface area contributed by atoms with E-state index in [0.717, 1.165) is 0 Å². The standard InChI is InChI=1S/C41H50N6O9/c1-23-36(48)43-24(2)39(51)45(4)31(19-26-9-14-29(54-7)15-10-26)38(50)44-25(3)40(52)47(6)33-20-27-11-16-30(17-12-27)56-35-22-28(13-18-34(35)55-8)21-32(37(49)42-23)46(5)41(33)53/h9-18,22-25,31-33H,19-21H2,1-8H3,(H,42,49)(H,43,48)(H,44,50)/t23-,24+,25+,31+,32+,33?/m1/s1. The van der Waals surface area contributed by atoms with E-state index in [1.165, 1.54) is 70.8 Å². The number of likely N-dealkylation sites (N-methyl/N-ethyl adjacent to an activating group) is 3. The zero-order chi connectivity index (χ0) is 40.8. The SMILES string of the molecule is COc1ccc(C[C@H]2C(=O)N[C@@H](C)C(=O)N(C)C3Cc4ccc(cc4)Oc4cc(ccc4OC)C[C@@H](C(=O)N[C@H](C)C(=O)N[C@@H](C)C(=O)N2C)N(C)C3=O)cc1. The van der Waals surface area contributed by atoms with Crippen LogP contribution in [0.1, 0.15) is 37.5 Å². The van der Waals surface area contributed by atoms with Crippen molar-refractivity contribution in [1.82, 2.24) is 30.7 Å². The first kappa shape index (κ1) is 41.1. The third-order valence-corrected chi connectivity index (χ3v) is 10.4. The molecular formula is C41H50N6O9. The van der Waals surface area contributed by atoms with Crippen LogP contribution in [0.5, 0.6) is 23.0 Å². The van der Waals surface area contributed by atoms with Crippen LogP contribution in [-0.4, -0.2) is 122 Å². The second kappa shape index (κ2) is 17.6. The van der Waals surface area contributed by atoms with Gasteiger partial charge in [-0.2, -0.15) is 0 Å². The van der Waals surface area contributed by atoms with E-state index in [1.54, 1.807) is 66.7 Å². The number of hydrogen-bond donors (Lipinski definition) is 3. The fourth-order valence-electron chi connectivity index (χ4n) is 6.83. The summed E-state index contributed by atoms with van der Waals surface area (Å²) >= 11 is 0. The Morgan fingerprint density at radius 2 is 1.16 bits per heavy atom. The lowest BCUT2D eigenvalue weighted by Gasteiger charge is -2.36. The molecule has 15 nitrogen and oxygen atoms in total. The summed E-state index contributed by atoms with van der Waals surface area (Å²) < 4.78 is 17.0. The van der Waals surface area contributed by atoms with E-state index in [4.69, 9.17) is 14.2 Å². The van der Waals surface area contributed by atoms with Crippen LogP contribution in [0.2, 0.25) is 0 Å². The van der Waals surface area contributed by atoms with Gasteiger partial charge in [-0.3, -0.25) is 28.8 Å². The molecule has 6 rings (SSSR count). The zero-order valence-electron chi connectivity index (χ0n) is 33.0. The van der Waals surface area contributed by atoms with Crippen molar-refractivity contribution in [3.63, 3.8) is 0 Å². The Kier molecular flexibility index (Phi) is 12.9. The molecule has 1 saturated heterocycles. The van der Waals surface area contributed by atoms with Gasteiger partial charge in [-0.25, -0.2) is 0 Å². The van der Waals surface area contributed by atoms with Crippen molar-refractivity contribution in [2.45, 2.75) is 76.3 Å². The van der Waals surface area contributed by atoms with Gasteiger partial charge in [-0.1, -0.05) is 30.3 Å². The molecule has 0 aromatic heterocycles. The fraction of sp³-hybridized carbons (Fsp3) is 0.415. The van der Waals surface area contributed by atoms with Gasteiger partial charge in [0.15, 0.2) is 11.5 Å². The van der Waals surface area contributed by atoms with Crippen molar-refractivity contribution in [3.8, 4) is 23.0 Å². The highest BCUT2D eigenvalue weighted by Gasteiger charge is 2.39. The minimum absolute atomic E-state index is 0.00641. The summed E-state index contributed by atoms with van der Waals surface area (Å²) in [6.07, 6.45) is 0.139. The van der Waals surface area contributed by atoms with Gasteiger partial charge in [0, 0.05) is 40.4 Å². The Morgan fingerprint density at radius 1 is 0.607 bits per heavy atom. The van der Waals surface area contributed by atoms with Crippen LogP contribution in [0.25, 0.3) is 0 Å². The number of nitrogens with zero attached hydrogens (tertiary/aromatic N) is 3. The van der Waals surface area contributed by atoms with Gasteiger partial charge in [-0.05, 0) is 73.9 Å². The van der Waals surface area contributed by atoms with E-state index in [1.807, 2.05) is 0 Å². The van der Waals surface area contributed by atoms with Crippen LogP contribution in [0, 0.1) is 0 Å². The molecule has 3 aromatic rings. The second-order valence-electron chi connectivity index (χ2n) is 14.3. The van der Waals surface area contributed by atoms with Crippen LogP contribution >= 0.6 is 0 Å². The minimum Gasteiger partial charge on any atom is -0.497 e. The first-order valence-electron chi connectivity index (χ1n) is 18.4.